The molecule has 0 saturated heterocycles. The summed E-state index contributed by atoms with van der Waals surface area (Å²) in [6.07, 6.45) is 0. The smallest absolute Gasteiger partial charge is 0.216 e. The maximum atomic E-state index is 12.7. The Kier molecular flexibility index (Phi) is 3.02. The van der Waals surface area contributed by atoms with Crippen LogP contribution in [0.25, 0.3) is 0 Å². The zero-order valence-electron chi connectivity index (χ0n) is 6.68. The number of anilines is 1. The van der Waals surface area contributed by atoms with Gasteiger partial charge in [-0.2, -0.15) is 4.39 Å². The van der Waals surface area contributed by atoms with Crippen molar-refractivity contribution in [1.29, 1.82) is 0 Å². The largest absolute Gasteiger partial charge is 0.231 e. The Hall–Kier alpha value is -1.36. The number of halogens is 1. The molecule has 0 unspecified atom stereocenters. The molecule has 0 atom stereocenters. The van der Waals surface area contributed by atoms with Gasteiger partial charge in [0.15, 0.2) is 5.95 Å². The van der Waals surface area contributed by atoms with Crippen LogP contribution in [0, 0.1) is 0 Å². The Morgan fingerprint density at radius 1 is 1.31 bits per heavy atom. The predicted molar refractivity (Wildman–Crippen MR) is 49.5 cm³/mol. The number of rotatable bonds is 3. The quantitative estimate of drug-likeness (QED) is 0.593. The van der Waals surface area contributed by atoms with Gasteiger partial charge in [-0.25, -0.2) is 12.7 Å². The van der Waals surface area contributed by atoms with Crippen LogP contribution >= 0.6 is 0 Å². The molecule has 0 radical (unpaired) electrons. The molecule has 0 saturated carbocycles. The number of hydrogen-bond donors (Lipinski definition) is 1. The maximum Gasteiger partial charge on any atom is 0.231 e. The second-order valence-electron chi connectivity index (χ2n) is 2.26. The van der Waals surface area contributed by atoms with E-state index < -0.39 is 16.8 Å². The number of thiol groups is 1. The second kappa shape index (κ2) is 4.04. The molecule has 0 aliphatic heterocycles. The third kappa shape index (κ3) is 2.29. The zero-order valence-corrected chi connectivity index (χ0v) is 7.58. The van der Waals surface area contributed by atoms with Gasteiger partial charge >= 0.3 is 0 Å². The molecule has 0 aliphatic carbocycles. The lowest BCUT2D eigenvalue weighted by atomic mass is 10.3. The summed E-state index contributed by atoms with van der Waals surface area (Å²) in [5, 5.41) is 0. The van der Waals surface area contributed by atoms with E-state index in [0.29, 0.717) is 4.31 Å². The lowest BCUT2D eigenvalue weighted by molar-refractivity contribution is 0.591. The van der Waals surface area contributed by atoms with Gasteiger partial charge in [-0.3, -0.25) is 0 Å². The molecule has 1 aromatic rings. The number of hydrogen-bond acceptors (Lipinski definition) is 2. The first-order valence-corrected chi connectivity index (χ1v) is 4.60. The van der Waals surface area contributed by atoms with Crippen LogP contribution < -0.4 is 4.31 Å². The van der Waals surface area contributed by atoms with Crippen molar-refractivity contribution in [2.45, 2.75) is 0 Å². The van der Waals surface area contributed by atoms with E-state index in [4.69, 9.17) is 0 Å². The van der Waals surface area contributed by atoms with E-state index >= 15 is 0 Å². The Bertz CT molecular complexity index is 367. The van der Waals surface area contributed by atoms with E-state index in [1.54, 1.807) is 18.2 Å². The molecule has 1 aromatic carbocycles. The van der Waals surface area contributed by atoms with Crippen LogP contribution in [0.4, 0.5) is 10.1 Å². The van der Waals surface area contributed by atoms with Crippen LogP contribution in [-0.4, -0.2) is 8.42 Å². The minimum atomic E-state index is -3.02. The van der Waals surface area contributed by atoms with Gasteiger partial charge in [0, 0.05) is 0 Å². The third-order valence-corrected chi connectivity index (χ3v) is 2.17. The SMILES string of the molecule is C=C(F)N(c1ccccc1)[SH](=O)=O. The fraction of sp³-hybridized carbons (Fsp3) is 0. The average molecular weight is 201 g/mol. The lowest BCUT2D eigenvalue weighted by Crippen LogP contribution is -2.16. The van der Waals surface area contributed by atoms with Crippen molar-refractivity contribution >= 4 is 16.6 Å². The highest BCUT2D eigenvalue weighted by atomic mass is 32.2. The molecule has 0 aliphatic rings. The van der Waals surface area contributed by atoms with Crippen molar-refractivity contribution in [1.82, 2.24) is 0 Å². The van der Waals surface area contributed by atoms with Gasteiger partial charge in [0.2, 0.25) is 10.9 Å². The van der Waals surface area contributed by atoms with Crippen molar-refractivity contribution in [2.75, 3.05) is 4.31 Å². The summed E-state index contributed by atoms with van der Waals surface area (Å²) in [5.41, 5.74) is 0.242. The standard InChI is InChI=1S/C8H8FNO2S/c1-7(9)10(13(11)12)8-5-3-2-4-6-8/h2-6,13H,1H2. The Morgan fingerprint density at radius 3 is 2.23 bits per heavy atom. The minimum Gasteiger partial charge on any atom is -0.216 e. The van der Waals surface area contributed by atoms with Gasteiger partial charge in [0.05, 0.1) is 5.69 Å². The molecule has 5 heteroatoms. The summed E-state index contributed by atoms with van der Waals surface area (Å²) >= 11 is 0. The van der Waals surface area contributed by atoms with E-state index in [1.165, 1.54) is 12.1 Å². The van der Waals surface area contributed by atoms with Gasteiger partial charge in [-0.15, -0.1) is 0 Å². The van der Waals surface area contributed by atoms with Crippen LogP contribution in [-0.2, 0) is 10.9 Å². The highest BCUT2D eigenvalue weighted by Gasteiger charge is 2.10. The molecular weight excluding hydrogens is 193 g/mol. The summed E-state index contributed by atoms with van der Waals surface area (Å²) in [5.74, 6) is -1.01. The van der Waals surface area contributed by atoms with Gasteiger partial charge < -0.3 is 0 Å². The second-order valence-corrected chi connectivity index (χ2v) is 3.14. The molecule has 1 rings (SSSR count). The maximum absolute atomic E-state index is 12.7. The van der Waals surface area contributed by atoms with Crippen molar-refractivity contribution in [2.24, 2.45) is 0 Å². The van der Waals surface area contributed by atoms with E-state index in [1.807, 2.05) is 0 Å². The van der Waals surface area contributed by atoms with Crippen LogP contribution in [0.2, 0.25) is 0 Å². The lowest BCUT2D eigenvalue weighted by Gasteiger charge is -2.13. The van der Waals surface area contributed by atoms with Crippen LogP contribution in [0.1, 0.15) is 0 Å². The Balaban J connectivity index is 3.10. The summed E-state index contributed by atoms with van der Waals surface area (Å²) < 4.78 is 34.4. The molecular formula is C8H8FNO2S. The molecule has 0 fully saturated rings. The van der Waals surface area contributed by atoms with Gasteiger partial charge in [0.1, 0.15) is 0 Å². The molecule has 0 heterocycles. The molecule has 0 bridgehead atoms. The highest BCUT2D eigenvalue weighted by molar-refractivity contribution is 7.74. The Labute approximate surface area is 77.2 Å². The van der Waals surface area contributed by atoms with E-state index in [9.17, 15) is 12.8 Å². The van der Waals surface area contributed by atoms with Crippen molar-refractivity contribution in [3.63, 3.8) is 0 Å². The third-order valence-electron chi connectivity index (χ3n) is 1.39. The zero-order chi connectivity index (χ0) is 9.84. The summed E-state index contributed by atoms with van der Waals surface area (Å²) in [4.78, 5) is 0. The van der Waals surface area contributed by atoms with Crippen molar-refractivity contribution in [3.05, 3.63) is 42.9 Å². The van der Waals surface area contributed by atoms with E-state index in [-0.39, 0.29) is 5.69 Å². The first-order chi connectivity index (χ1) is 6.13. The van der Waals surface area contributed by atoms with E-state index in [0.717, 1.165) is 0 Å². The molecule has 13 heavy (non-hydrogen) atoms. The molecule has 3 nitrogen and oxygen atoms in total. The van der Waals surface area contributed by atoms with E-state index in [2.05, 4.69) is 6.58 Å². The van der Waals surface area contributed by atoms with Crippen LogP contribution in [0.3, 0.4) is 0 Å². The number of benzene rings is 1. The van der Waals surface area contributed by atoms with Gasteiger partial charge in [0.25, 0.3) is 0 Å². The normalized spacial score (nSPS) is 10.0. The van der Waals surface area contributed by atoms with Crippen LogP contribution in [0.5, 0.6) is 0 Å². The van der Waals surface area contributed by atoms with Crippen molar-refractivity contribution in [3.8, 4) is 0 Å². The first-order valence-electron chi connectivity index (χ1n) is 3.47. The summed E-state index contributed by atoms with van der Waals surface area (Å²) in [6, 6.07) is 7.90. The number of nitrogens with zero attached hydrogens (tertiary/aromatic N) is 1. The molecule has 0 amide bonds. The van der Waals surface area contributed by atoms with Crippen molar-refractivity contribution < 1.29 is 12.8 Å². The molecule has 0 N–H and O–H groups in total. The fourth-order valence-electron chi connectivity index (χ4n) is 0.892. The van der Waals surface area contributed by atoms with Gasteiger partial charge in [-0.05, 0) is 18.7 Å². The monoisotopic (exact) mass is 201 g/mol. The first kappa shape index (κ1) is 9.73. The molecule has 0 spiro atoms. The molecule has 0 aromatic heterocycles. The predicted octanol–water partition coefficient (Wildman–Crippen LogP) is 1.46. The highest BCUT2D eigenvalue weighted by Crippen LogP contribution is 2.17. The topological polar surface area (TPSA) is 37.4 Å². The average Bonchev–Trinajstić information content (AvgIpc) is 2.04. The van der Waals surface area contributed by atoms with Gasteiger partial charge in [-0.1, -0.05) is 18.2 Å². The fourth-order valence-corrected chi connectivity index (χ4v) is 1.39. The minimum absolute atomic E-state index is 0.242. The summed E-state index contributed by atoms with van der Waals surface area (Å²) in [7, 11) is -3.02. The summed E-state index contributed by atoms with van der Waals surface area (Å²) in [6.45, 7) is 2.93. The number of para-hydroxylation sites is 1. The van der Waals surface area contributed by atoms with Crippen LogP contribution in [0.15, 0.2) is 42.9 Å². The molecule has 70 valence electrons. The Morgan fingerprint density at radius 2 is 1.85 bits per heavy atom.